The Hall–Kier alpha value is -1.71. The van der Waals surface area contributed by atoms with Crippen LogP contribution in [0.4, 0.5) is 0 Å². The largest absolute Gasteiger partial charge is 0.192 e. The van der Waals surface area contributed by atoms with Crippen LogP contribution in [0.3, 0.4) is 0 Å². The average Bonchev–Trinajstić information content (AvgIpc) is 2.38. The van der Waals surface area contributed by atoms with Gasteiger partial charge in [0.2, 0.25) is 0 Å². The molecule has 0 aliphatic heterocycles. The number of allylic oxidation sites excluding steroid dienone is 1. The van der Waals surface area contributed by atoms with Crippen molar-refractivity contribution >= 4 is 17.8 Å². The quantitative estimate of drug-likeness (QED) is 0.572. The highest BCUT2D eigenvalue weighted by atomic mass is 32.2. The van der Waals surface area contributed by atoms with Crippen LogP contribution >= 0.6 is 11.8 Å². The molecule has 0 radical (unpaired) electrons. The molecule has 0 saturated heterocycles. The summed E-state index contributed by atoms with van der Waals surface area (Å²) < 4.78 is 0. The highest BCUT2D eigenvalue weighted by molar-refractivity contribution is 7.98. The minimum Gasteiger partial charge on any atom is -0.192 e. The third kappa shape index (κ3) is 4.21. The first-order valence-electron chi connectivity index (χ1n) is 4.96. The van der Waals surface area contributed by atoms with Crippen molar-refractivity contribution in [3.8, 4) is 12.1 Å². The van der Waals surface area contributed by atoms with Gasteiger partial charge in [-0.05, 0) is 24.0 Å². The standard InChI is InChI=1S/C11H8N2S.C2H6/c1-14-11-5-3-2-4-10(11)6-9(7-12)8-13;1-2/h2-6H,1H3;1-2H3. The Kier molecular flexibility index (Phi) is 7.67. The van der Waals surface area contributed by atoms with Crippen LogP contribution in [0, 0.1) is 22.7 Å². The van der Waals surface area contributed by atoms with Crippen molar-refractivity contribution < 1.29 is 0 Å². The predicted octanol–water partition coefficient (Wildman–Crippen LogP) is 3.87. The molecular weight excluding hydrogens is 216 g/mol. The minimum atomic E-state index is 0.131. The molecule has 0 heterocycles. The Morgan fingerprint density at radius 3 is 2.25 bits per heavy atom. The molecule has 0 fully saturated rings. The van der Waals surface area contributed by atoms with E-state index in [9.17, 15) is 0 Å². The average molecular weight is 230 g/mol. The van der Waals surface area contributed by atoms with Gasteiger partial charge in [0.25, 0.3) is 0 Å². The van der Waals surface area contributed by atoms with E-state index in [0.29, 0.717) is 0 Å². The molecular formula is C13H14N2S. The molecule has 1 aromatic carbocycles. The zero-order valence-corrected chi connectivity index (χ0v) is 10.5. The highest BCUT2D eigenvalue weighted by Gasteiger charge is 1.99. The fourth-order valence-electron chi connectivity index (χ4n) is 1.03. The molecule has 0 amide bonds. The lowest BCUT2D eigenvalue weighted by Crippen LogP contribution is -1.79. The predicted molar refractivity (Wildman–Crippen MR) is 68.8 cm³/mol. The van der Waals surface area contributed by atoms with E-state index in [1.807, 2.05) is 56.5 Å². The van der Waals surface area contributed by atoms with E-state index >= 15 is 0 Å². The molecule has 82 valence electrons. The maximum Gasteiger partial charge on any atom is 0.130 e. The van der Waals surface area contributed by atoms with Gasteiger partial charge in [-0.25, -0.2) is 0 Å². The number of hydrogen-bond donors (Lipinski definition) is 0. The topological polar surface area (TPSA) is 47.6 Å². The van der Waals surface area contributed by atoms with E-state index in [1.165, 1.54) is 0 Å². The third-order valence-corrected chi connectivity index (χ3v) is 2.49. The summed E-state index contributed by atoms with van der Waals surface area (Å²) >= 11 is 1.59. The second kappa shape index (κ2) is 8.59. The monoisotopic (exact) mass is 230 g/mol. The van der Waals surface area contributed by atoms with Crippen LogP contribution in [0.5, 0.6) is 0 Å². The van der Waals surface area contributed by atoms with Crippen LogP contribution < -0.4 is 0 Å². The first-order valence-corrected chi connectivity index (χ1v) is 6.19. The second-order valence-electron chi connectivity index (χ2n) is 2.52. The van der Waals surface area contributed by atoms with Crippen molar-refractivity contribution in [2.24, 2.45) is 0 Å². The van der Waals surface area contributed by atoms with Gasteiger partial charge in [0.15, 0.2) is 0 Å². The summed E-state index contributed by atoms with van der Waals surface area (Å²) in [4.78, 5) is 1.07. The van der Waals surface area contributed by atoms with Gasteiger partial charge in [0, 0.05) is 4.90 Å². The molecule has 0 bridgehead atoms. The zero-order chi connectivity index (χ0) is 12.4. The van der Waals surface area contributed by atoms with Crippen molar-refractivity contribution in [1.82, 2.24) is 0 Å². The van der Waals surface area contributed by atoms with E-state index in [0.717, 1.165) is 10.5 Å². The van der Waals surface area contributed by atoms with E-state index in [-0.39, 0.29) is 5.57 Å². The zero-order valence-electron chi connectivity index (χ0n) is 9.69. The van der Waals surface area contributed by atoms with Gasteiger partial charge in [-0.3, -0.25) is 0 Å². The molecule has 0 aliphatic rings. The lowest BCUT2D eigenvalue weighted by Gasteiger charge is -2.00. The van der Waals surface area contributed by atoms with Gasteiger partial charge in [-0.2, -0.15) is 10.5 Å². The molecule has 1 aromatic rings. The van der Waals surface area contributed by atoms with Gasteiger partial charge in [0.1, 0.15) is 17.7 Å². The van der Waals surface area contributed by atoms with Gasteiger partial charge in [0.05, 0.1) is 0 Å². The lowest BCUT2D eigenvalue weighted by atomic mass is 10.1. The molecule has 0 aromatic heterocycles. The molecule has 0 unspecified atom stereocenters. The number of nitrogens with zero attached hydrogens (tertiary/aromatic N) is 2. The third-order valence-electron chi connectivity index (χ3n) is 1.68. The summed E-state index contributed by atoms with van der Waals surface area (Å²) in [5.41, 5.74) is 1.05. The number of benzene rings is 1. The summed E-state index contributed by atoms with van der Waals surface area (Å²) in [7, 11) is 0. The van der Waals surface area contributed by atoms with Gasteiger partial charge < -0.3 is 0 Å². The molecule has 0 atom stereocenters. The fourth-order valence-corrected chi connectivity index (χ4v) is 1.61. The Morgan fingerprint density at radius 2 is 1.75 bits per heavy atom. The molecule has 0 saturated carbocycles. The summed E-state index contributed by atoms with van der Waals surface area (Å²) in [5.74, 6) is 0. The first kappa shape index (κ1) is 14.3. The molecule has 2 nitrogen and oxygen atoms in total. The van der Waals surface area contributed by atoms with Gasteiger partial charge >= 0.3 is 0 Å². The Labute approximate surface area is 101 Å². The van der Waals surface area contributed by atoms with Crippen LogP contribution in [-0.2, 0) is 0 Å². The SMILES string of the molecule is CC.CSc1ccccc1C=C(C#N)C#N. The number of rotatable bonds is 2. The van der Waals surface area contributed by atoms with E-state index in [4.69, 9.17) is 10.5 Å². The summed E-state index contributed by atoms with van der Waals surface area (Å²) in [5, 5.41) is 17.2. The van der Waals surface area contributed by atoms with Crippen LogP contribution in [0.1, 0.15) is 19.4 Å². The Morgan fingerprint density at radius 1 is 1.19 bits per heavy atom. The molecule has 0 aliphatic carbocycles. The van der Waals surface area contributed by atoms with Crippen molar-refractivity contribution in [3.63, 3.8) is 0 Å². The van der Waals surface area contributed by atoms with Crippen LogP contribution in [0.25, 0.3) is 6.08 Å². The van der Waals surface area contributed by atoms with Crippen LogP contribution in [0.15, 0.2) is 34.7 Å². The molecule has 16 heavy (non-hydrogen) atoms. The highest BCUT2D eigenvalue weighted by Crippen LogP contribution is 2.21. The number of thioether (sulfide) groups is 1. The number of hydrogen-bond acceptors (Lipinski definition) is 3. The maximum absolute atomic E-state index is 8.60. The number of nitriles is 2. The Balaban J connectivity index is 0.00000106. The first-order chi connectivity index (χ1) is 7.81. The summed E-state index contributed by atoms with van der Waals surface area (Å²) in [6.07, 6.45) is 3.57. The van der Waals surface area contributed by atoms with Crippen molar-refractivity contribution in [3.05, 3.63) is 35.4 Å². The normalized spacial score (nSPS) is 7.81. The molecule has 3 heteroatoms. The second-order valence-corrected chi connectivity index (χ2v) is 3.37. The van der Waals surface area contributed by atoms with Crippen molar-refractivity contribution in [2.75, 3.05) is 6.26 Å². The molecule has 0 N–H and O–H groups in total. The van der Waals surface area contributed by atoms with Crippen molar-refractivity contribution in [2.45, 2.75) is 18.7 Å². The lowest BCUT2D eigenvalue weighted by molar-refractivity contribution is 1.41. The summed E-state index contributed by atoms with van der Waals surface area (Å²) in [6.45, 7) is 4.00. The van der Waals surface area contributed by atoms with E-state index < -0.39 is 0 Å². The van der Waals surface area contributed by atoms with E-state index in [1.54, 1.807) is 17.8 Å². The van der Waals surface area contributed by atoms with E-state index in [2.05, 4.69) is 0 Å². The van der Waals surface area contributed by atoms with Crippen LogP contribution in [-0.4, -0.2) is 6.26 Å². The summed E-state index contributed by atoms with van der Waals surface area (Å²) in [6, 6.07) is 11.4. The molecule has 0 spiro atoms. The maximum atomic E-state index is 8.60. The van der Waals surface area contributed by atoms with Gasteiger partial charge in [-0.1, -0.05) is 32.0 Å². The van der Waals surface area contributed by atoms with Crippen LogP contribution in [0.2, 0.25) is 0 Å². The van der Waals surface area contributed by atoms with Crippen molar-refractivity contribution in [1.29, 1.82) is 10.5 Å². The Bertz CT molecular complexity index is 420. The molecule has 1 rings (SSSR count). The van der Waals surface area contributed by atoms with Gasteiger partial charge in [-0.15, -0.1) is 11.8 Å². The minimum absolute atomic E-state index is 0.131. The fraction of sp³-hybridized carbons (Fsp3) is 0.231. The smallest absolute Gasteiger partial charge is 0.130 e.